The first-order valence-electron chi connectivity index (χ1n) is 6.70. The van der Waals surface area contributed by atoms with Gasteiger partial charge >= 0.3 is 0 Å². The molecule has 0 fully saturated rings. The SMILES string of the molecule is COCCNC(=O)C(C)NCc1cccc([N+](=O)[O-])c1C. The smallest absolute Gasteiger partial charge is 0.272 e. The molecular formula is C14H21N3O4. The third-order valence-electron chi connectivity index (χ3n) is 3.21. The van der Waals surface area contributed by atoms with Gasteiger partial charge in [0.25, 0.3) is 5.69 Å². The van der Waals surface area contributed by atoms with Gasteiger partial charge in [0, 0.05) is 31.8 Å². The average Bonchev–Trinajstić information content (AvgIpc) is 2.45. The molecular weight excluding hydrogens is 274 g/mol. The quantitative estimate of drug-likeness (QED) is 0.426. The van der Waals surface area contributed by atoms with Gasteiger partial charge in [0.1, 0.15) is 0 Å². The molecule has 1 atom stereocenters. The monoisotopic (exact) mass is 295 g/mol. The Morgan fingerprint density at radius 1 is 1.48 bits per heavy atom. The van der Waals surface area contributed by atoms with Gasteiger partial charge in [0.05, 0.1) is 17.6 Å². The molecule has 0 aliphatic carbocycles. The maximum atomic E-state index is 11.8. The van der Waals surface area contributed by atoms with Gasteiger partial charge in [-0.2, -0.15) is 0 Å². The van der Waals surface area contributed by atoms with Gasteiger partial charge in [-0.05, 0) is 19.4 Å². The first kappa shape index (κ1) is 17.1. The fraction of sp³-hybridized carbons (Fsp3) is 0.500. The van der Waals surface area contributed by atoms with Crippen molar-refractivity contribution in [3.05, 3.63) is 39.4 Å². The van der Waals surface area contributed by atoms with Crippen molar-refractivity contribution in [3.8, 4) is 0 Å². The molecule has 0 saturated heterocycles. The number of rotatable bonds is 8. The fourth-order valence-corrected chi connectivity index (χ4v) is 1.84. The van der Waals surface area contributed by atoms with E-state index in [1.807, 2.05) is 6.07 Å². The van der Waals surface area contributed by atoms with Gasteiger partial charge in [-0.3, -0.25) is 14.9 Å². The lowest BCUT2D eigenvalue weighted by atomic mass is 10.1. The summed E-state index contributed by atoms with van der Waals surface area (Å²) in [6, 6.07) is 4.54. The zero-order valence-electron chi connectivity index (χ0n) is 12.5. The first-order chi connectivity index (χ1) is 9.97. The Bertz CT molecular complexity index is 505. The van der Waals surface area contributed by atoms with E-state index in [1.54, 1.807) is 27.0 Å². The molecule has 2 N–H and O–H groups in total. The van der Waals surface area contributed by atoms with Crippen LogP contribution in [0.5, 0.6) is 0 Å². The molecule has 0 aliphatic heterocycles. The zero-order valence-corrected chi connectivity index (χ0v) is 12.5. The molecule has 116 valence electrons. The predicted molar refractivity (Wildman–Crippen MR) is 79.0 cm³/mol. The Balaban J connectivity index is 2.57. The highest BCUT2D eigenvalue weighted by Gasteiger charge is 2.15. The third-order valence-corrected chi connectivity index (χ3v) is 3.21. The van der Waals surface area contributed by atoms with Crippen molar-refractivity contribution in [2.45, 2.75) is 26.4 Å². The lowest BCUT2D eigenvalue weighted by Gasteiger charge is -2.15. The molecule has 0 aromatic heterocycles. The van der Waals surface area contributed by atoms with E-state index in [1.165, 1.54) is 6.07 Å². The number of benzene rings is 1. The summed E-state index contributed by atoms with van der Waals surface area (Å²) in [5.41, 5.74) is 1.51. The molecule has 7 heteroatoms. The van der Waals surface area contributed by atoms with Crippen LogP contribution in [0.4, 0.5) is 5.69 Å². The highest BCUT2D eigenvalue weighted by molar-refractivity contribution is 5.81. The topological polar surface area (TPSA) is 93.5 Å². The molecule has 0 aliphatic rings. The van der Waals surface area contributed by atoms with Crippen LogP contribution in [0.3, 0.4) is 0 Å². The van der Waals surface area contributed by atoms with Crippen molar-refractivity contribution < 1.29 is 14.5 Å². The molecule has 1 aromatic rings. The summed E-state index contributed by atoms with van der Waals surface area (Å²) in [7, 11) is 1.57. The fourth-order valence-electron chi connectivity index (χ4n) is 1.84. The van der Waals surface area contributed by atoms with E-state index in [4.69, 9.17) is 4.74 Å². The number of nitro groups is 1. The van der Waals surface area contributed by atoms with Crippen LogP contribution in [0, 0.1) is 17.0 Å². The Kier molecular flexibility index (Phi) is 6.77. The van der Waals surface area contributed by atoms with Crippen molar-refractivity contribution in [2.75, 3.05) is 20.3 Å². The second kappa shape index (κ2) is 8.33. The summed E-state index contributed by atoms with van der Waals surface area (Å²) in [5.74, 6) is -0.130. The second-order valence-corrected chi connectivity index (χ2v) is 4.70. The van der Waals surface area contributed by atoms with Gasteiger partial charge in [0.2, 0.25) is 5.91 Å². The largest absolute Gasteiger partial charge is 0.383 e. The van der Waals surface area contributed by atoms with Crippen LogP contribution in [0.1, 0.15) is 18.1 Å². The van der Waals surface area contributed by atoms with Crippen molar-refractivity contribution >= 4 is 11.6 Å². The van der Waals surface area contributed by atoms with Crippen LogP contribution in [0.2, 0.25) is 0 Å². The normalized spacial score (nSPS) is 12.0. The minimum Gasteiger partial charge on any atom is -0.383 e. The summed E-state index contributed by atoms with van der Waals surface area (Å²) in [6.45, 7) is 4.76. The number of nitrogens with one attached hydrogen (secondary N) is 2. The van der Waals surface area contributed by atoms with Gasteiger partial charge in [-0.25, -0.2) is 0 Å². The Morgan fingerprint density at radius 2 is 2.19 bits per heavy atom. The number of nitrogens with zero attached hydrogens (tertiary/aromatic N) is 1. The first-order valence-corrected chi connectivity index (χ1v) is 6.70. The van der Waals surface area contributed by atoms with Gasteiger partial charge < -0.3 is 15.4 Å². The van der Waals surface area contributed by atoms with Gasteiger partial charge in [-0.15, -0.1) is 0 Å². The highest BCUT2D eigenvalue weighted by Crippen LogP contribution is 2.20. The molecule has 0 saturated carbocycles. The van der Waals surface area contributed by atoms with Gasteiger partial charge in [0.15, 0.2) is 0 Å². The molecule has 7 nitrogen and oxygen atoms in total. The van der Waals surface area contributed by atoms with E-state index >= 15 is 0 Å². The summed E-state index contributed by atoms with van der Waals surface area (Å²) in [4.78, 5) is 22.2. The molecule has 1 rings (SSSR count). The van der Waals surface area contributed by atoms with E-state index in [-0.39, 0.29) is 17.6 Å². The summed E-state index contributed by atoms with van der Waals surface area (Å²) in [5, 5.41) is 16.7. The van der Waals surface area contributed by atoms with E-state index in [0.29, 0.717) is 25.3 Å². The number of nitro benzene ring substituents is 1. The van der Waals surface area contributed by atoms with Crippen molar-refractivity contribution in [1.29, 1.82) is 0 Å². The van der Waals surface area contributed by atoms with E-state index in [2.05, 4.69) is 10.6 Å². The van der Waals surface area contributed by atoms with Crippen molar-refractivity contribution in [3.63, 3.8) is 0 Å². The van der Waals surface area contributed by atoms with Crippen LogP contribution in [-0.2, 0) is 16.1 Å². The number of carbonyl (C=O) groups is 1. The average molecular weight is 295 g/mol. The lowest BCUT2D eigenvalue weighted by Crippen LogP contribution is -2.42. The van der Waals surface area contributed by atoms with Gasteiger partial charge in [-0.1, -0.05) is 12.1 Å². The molecule has 1 amide bonds. The molecule has 0 heterocycles. The Morgan fingerprint density at radius 3 is 2.81 bits per heavy atom. The molecule has 1 unspecified atom stereocenters. The number of hydrogen-bond donors (Lipinski definition) is 2. The van der Waals surface area contributed by atoms with E-state index < -0.39 is 4.92 Å². The van der Waals surface area contributed by atoms with Crippen LogP contribution in [0.25, 0.3) is 0 Å². The molecule has 1 aromatic carbocycles. The minimum absolute atomic E-state index is 0.0894. The summed E-state index contributed by atoms with van der Waals surface area (Å²) < 4.78 is 4.85. The number of carbonyl (C=O) groups excluding carboxylic acids is 1. The van der Waals surface area contributed by atoms with Crippen molar-refractivity contribution in [2.24, 2.45) is 0 Å². The van der Waals surface area contributed by atoms with E-state index in [9.17, 15) is 14.9 Å². The molecule has 21 heavy (non-hydrogen) atoms. The van der Waals surface area contributed by atoms with Crippen LogP contribution < -0.4 is 10.6 Å². The summed E-state index contributed by atoms with van der Waals surface area (Å²) >= 11 is 0. The minimum atomic E-state index is -0.403. The maximum Gasteiger partial charge on any atom is 0.272 e. The van der Waals surface area contributed by atoms with Crippen LogP contribution >= 0.6 is 0 Å². The number of ether oxygens (including phenoxy) is 1. The zero-order chi connectivity index (χ0) is 15.8. The second-order valence-electron chi connectivity index (χ2n) is 4.70. The molecule has 0 spiro atoms. The van der Waals surface area contributed by atoms with E-state index in [0.717, 1.165) is 5.56 Å². The number of amides is 1. The van der Waals surface area contributed by atoms with Crippen molar-refractivity contribution in [1.82, 2.24) is 10.6 Å². The predicted octanol–water partition coefficient (Wildman–Crippen LogP) is 1.14. The standard InChI is InChI=1S/C14H21N3O4/c1-10-12(5-4-6-13(10)17(19)20)9-16-11(2)14(18)15-7-8-21-3/h4-6,11,16H,7-9H2,1-3H3,(H,15,18). The summed E-state index contributed by atoms with van der Waals surface area (Å²) in [6.07, 6.45) is 0. The Hall–Kier alpha value is -1.99. The maximum absolute atomic E-state index is 11.8. The number of methoxy groups -OCH3 is 1. The molecule has 0 bridgehead atoms. The lowest BCUT2D eigenvalue weighted by molar-refractivity contribution is -0.385. The molecule has 0 radical (unpaired) electrons. The number of hydrogen-bond acceptors (Lipinski definition) is 5. The Labute approximate surface area is 123 Å². The van der Waals surface area contributed by atoms with Crippen LogP contribution in [0.15, 0.2) is 18.2 Å². The third kappa shape index (κ3) is 5.13. The van der Waals surface area contributed by atoms with Crippen LogP contribution in [-0.4, -0.2) is 37.1 Å². The highest BCUT2D eigenvalue weighted by atomic mass is 16.6.